The number of hydrogen-bond acceptors (Lipinski definition) is 6. The Hall–Kier alpha value is -4.75. The molecule has 0 unspecified atom stereocenters. The highest BCUT2D eigenvalue weighted by Gasteiger charge is 2.43. The molecule has 2 aromatic heterocycles. The van der Waals surface area contributed by atoms with E-state index in [2.05, 4.69) is 91.9 Å². The minimum absolute atomic E-state index is 0.0930. The van der Waals surface area contributed by atoms with Crippen LogP contribution < -0.4 is 10.6 Å². The van der Waals surface area contributed by atoms with Gasteiger partial charge in [0.05, 0.1) is 18.8 Å². The van der Waals surface area contributed by atoms with Gasteiger partial charge in [0.15, 0.2) is 17.0 Å². The molecule has 1 aliphatic rings. The van der Waals surface area contributed by atoms with Gasteiger partial charge < -0.3 is 15.4 Å². The molecule has 0 saturated heterocycles. The lowest BCUT2D eigenvalue weighted by Crippen LogP contribution is -2.07. The molecule has 1 saturated carbocycles. The number of ether oxygens (including phenoxy) is 1. The van der Waals surface area contributed by atoms with Crippen LogP contribution in [0.15, 0.2) is 109 Å². The predicted molar refractivity (Wildman–Crippen MR) is 155 cm³/mol. The Morgan fingerprint density at radius 1 is 0.795 bits per heavy atom. The zero-order valence-corrected chi connectivity index (χ0v) is 21.4. The molecule has 39 heavy (non-hydrogen) atoms. The minimum atomic E-state index is 0.0930. The third kappa shape index (κ3) is 4.92. The Morgan fingerprint density at radius 2 is 1.54 bits per heavy atom. The van der Waals surface area contributed by atoms with Crippen LogP contribution in [0.1, 0.15) is 23.6 Å². The summed E-state index contributed by atoms with van der Waals surface area (Å²) in [6, 6.07) is 35.4. The normalized spacial score (nSPS) is 16.4. The van der Waals surface area contributed by atoms with Gasteiger partial charge in [-0.25, -0.2) is 15.0 Å². The number of imidazole rings is 1. The van der Waals surface area contributed by atoms with Crippen LogP contribution in [0.5, 0.6) is 0 Å². The van der Waals surface area contributed by atoms with Crippen molar-refractivity contribution in [1.82, 2.24) is 19.5 Å². The standard InChI is InChI=1S/C32H28N6O/c1-3-9-22(10-4-1)19-33-30-29-31(35-21-34-30)38(27-18-28(27)39-20-23-11-5-2-6-12-23)32(37-29)36-26-16-15-24-13-7-8-14-25(24)17-26/h1-17,21,27-28H,18-20H2,(H,36,37)(H,33,34,35)/t27-,28-/m1/s1. The molecule has 192 valence electrons. The second-order valence-electron chi connectivity index (χ2n) is 9.86. The monoisotopic (exact) mass is 512 g/mol. The Labute approximate surface area is 226 Å². The van der Waals surface area contributed by atoms with Gasteiger partial charge in [-0.05, 0) is 40.5 Å². The first-order valence-electron chi connectivity index (χ1n) is 13.2. The van der Waals surface area contributed by atoms with Crippen molar-refractivity contribution in [3.63, 3.8) is 0 Å². The van der Waals surface area contributed by atoms with Crippen molar-refractivity contribution in [1.29, 1.82) is 0 Å². The smallest absolute Gasteiger partial charge is 0.210 e. The van der Waals surface area contributed by atoms with Crippen LogP contribution in [0.25, 0.3) is 21.9 Å². The molecule has 0 aliphatic heterocycles. The van der Waals surface area contributed by atoms with E-state index in [0.29, 0.717) is 19.0 Å². The largest absolute Gasteiger partial charge is 0.371 e. The molecule has 2 N–H and O–H groups in total. The summed E-state index contributed by atoms with van der Waals surface area (Å²) in [5.74, 6) is 1.45. The number of fused-ring (bicyclic) bond motifs is 2. The van der Waals surface area contributed by atoms with Crippen LogP contribution >= 0.6 is 0 Å². The van der Waals surface area contributed by atoms with E-state index < -0.39 is 0 Å². The van der Waals surface area contributed by atoms with Crippen molar-refractivity contribution >= 4 is 39.4 Å². The number of nitrogens with zero attached hydrogens (tertiary/aromatic N) is 4. The molecule has 0 bridgehead atoms. The van der Waals surface area contributed by atoms with Gasteiger partial charge in [-0.2, -0.15) is 0 Å². The fraction of sp³-hybridized carbons (Fsp3) is 0.156. The lowest BCUT2D eigenvalue weighted by atomic mass is 10.1. The number of rotatable bonds is 9. The quantitative estimate of drug-likeness (QED) is 0.220. The molecule has 1 fully saturated rings. The third-order valence-corrected chi connectivity index (χ3v) is 7.12. The van der Waals surface area contributed by atoms with Gasteiger partial charge in [0.2, 0.25) is 5.95 Å². The summed E-state index contributed by atoms with van der Waals surface area (Å²) in [5.41, 5.74) is 4.85. The second-order valence-corrected chi connectivity index (χ2v) is 9.86. The maximum Gasteiger partial charge on any atom is 0.210 e. The molecule has 0 radical (unpaired) electrons. The van der Waals surface area contributed by atoms with Gasteiger partial charge >= 0.3 is 0 Å². The van der Waals surface area contributed by atoms with Crippen molar-refractivity contribution in [3.8, 4) is 0 Å². The molecule has 1 aliphatic carbocycles. The van der Waals surface area contributed by atoms with E-state index >= 15 is 0 Å². The molecular formula is C32H28N6O. The summed E-state index contributed by atoms with van der Waals surface area (Å²) >= 11 is 0. The van der Waals surface area contributed by atoms with E-state index in [1.807, 2.05) is 36.4 Å². The molecule has 7 rings (SSSR count). The Bertz CT molecular complexity index is 1730. The highest BCUT2D eigenvalue weighted by molar-refractivity contribution is 5.88. The molecule has 7 nitrogen and oxygen atoms in total. The summed E-state index contributed by atoms with van der Waals surface area (Å²) in [6.07, 6.45) is 2.60. The second kappa shape index (κ2) is 10.2. The summed E-state index contributed by atoms with van der Waals surface area (Å²) in [4.78, 5) is 14.2. The van der Waals surface area contributed by atoms with E-state index in [0.717, 1.165) is 29.2 Å². The van der Waals surface area contributed by atoms with E-state index in [4.69, 9.17) is 9.72 Å². The average Bonchev–Trinajstić information content (AvgIpc) is 3.66. The minimum Gasteiger partial charge on any atom is -0.371 e. The third-order valence-electron chi connectivity index (χ3n) is 7.12. The van der Waals surface area contributed by atoms with Crippen LogP contribution in [-0.4, -0.2) is 25.6 Å². The van der Waals surface area contributed by atoms with Gasteiger partial charge in [0, 0.05) is 12.2 Å². The van der Waals surface area contributed by atoms with Crippen LogP contribution in [0.3, 0.4) is 0 Å². The van der Waals surface area contributed by atoms with Gasteiger partial charge in [-0.15, -0.1) is 0 Å². The lowest BCUT2D eigenvalue weighted by molar-refractivity contribution is 0.0967. The van der Waals surface area contributed by atoms with Crippen molar-refractivity contribution in [2.75, 3.05) is 10.6 Å². The summed E-state index contributed by atoms with van der Waals surface area (Å²) < 4.78 is 8.46. The van der Waals surface area contributed by atoms with E-state index in [1.165, 1.54) is 21.9 Å². The maximum absolute atomic E-state index is 6.29. The van der Waals surface area contributed by atoms with Gasteiger partial charge in [-0.1, -0.05) is 91.0 Å². The summed E-state index contributed by atoms with van der Waals surface area (Å²) in [6.45, 7) is 1.24. The van der Waals surface area contributed by atoms with Gasteiger partial charge in [0.1, 0.15) is 6.33 Å². The number of benzene rings is 4. The topological polar surface area (TPSA) is 76.9 Å². The predicted octanol–water partition coefficient (Wildman–Crippen LogP) is 6.87. The maximum atomic E-state index is 6.29. The molecule has 0 amide bonds. The first-order chi connectivity index (χ1) is 19.3. The van der Waals surface area contributed by atoms with E-state index in [1.54, 1.807) is 6.33 Å². The fourth-order valence-corrected chi connectivity index (χ4v) is 5.01. The highest BCUT2D eigenvalue weighted by Crippen LogP contribution is 2.44. The molecular weight excluding hydrogens is 484 g/mol. The molecule has 2 heterocycles. The SMILES string of the molecule is c1ccc(CNc2ncnc3c2nc(Nc2ccc4ccccc4c2)n3[C@@H]2C[C@H]2OCc2ccccc2)cc1. The van der Waals surface area contributed by atoms with E-state index in [-0.39, 0.29) is 12.1 Å². The van der Waals surface area contributed by atoms with E-state index in [9.17, 15) is 0 Å². The van der Waals surface area contributed by atoms with Crippen LogP contribution in [0.2, 0.25) is 0 Å². The van der Waals surface area contributed by atoms with Crippen molar-refractivity contribution < 1.29 is 4.74 Å². The average molecular weight is 513 g/mol. The zero-order chi connectivity index (χ0) is 26.0. The van der Waals surface area contributed by atoms with Crippen molar-refractivity contribution in [3.05, 3.63) is 121 Å². The first kappa shape index (κ1) is 23.4. The highest BCUT2D eigenvalue weighted by atomic mass is 16.5. The lowest BCUT2D eigenvalue weighted by Gasteiger charge is -2.11. The Kier molecular flexibility index (Phi) is 6.11. The van der Waals surface area contributed by atoms with Gasteiger partial charge in [-0.3, -0.25) is 4.57 Å². The van der Waals surface area contributed by atoms with Crippen molar-refractivity contribution in [2.45, 2.75) is 31.7 Å². The summed E-state index contributed by atoms with van der Waals surface area (Å²) in [7, 11) is 0. The number of aromatic nitrogens is 4. The van der Waals surface area contributed by atoms with Gasteiger partial charge in [0.25, 0.3) is 0 Å². The number of anilines is 3. The van der Waals surface area contributed by atoms with Crippen LogP contribution in [0, 0.1) is 0 Å². The first-order valence-corrected chi connectivity index (χ1v) is 13.2. The number of nitrogens with one attached hydrogen (secondary N) is 2. The van der Waals surface area contributed by atoms with Crippen molar-refractivity contribution in [2.24, 2.45) is 0 Å². The fourth-order valence-electron chi connectivity index (χ4n) is 5.01. The summed E-state index contributed by atoms with van der Waals surface area (Å²) in [5, 5.41) is 9.41. The number of hydrogen-bond donors (Lipinski definition) is 2. The van der Waals surface area contributed by atoms with Crippen LogP contribution in [-0.2, 0) is 17.9 Å². The van der Waals surface area contributed by atoms with Crippen LogP contribution in [0.4, 0.5) is 17.5 Å². The zero-order valence-electron chi connectivity index (χ0n) is 21.4. The molecule has 0 spiro atoms. The molecule has 6 aromatic rings. The molecule has 7 heteroatoms. The molecule has 4 aromatic carbocycles. The molecule has 2 atom stereocenters. The Morgan fingerprint density at radius 3 is 2.36 bits per heavy atom. The Balaban J connectivity index is 1.21.